The molecule has 2 fully saturated rings. The van der Waals surface area contributed by atoms with Gasteiger partial charge in [-0.25, -0.2) is 14.8 Å². The molecule has 0 saturated heterocycles. The largest absolute Gasteiger partial charge is 0.366 e. The smallest absolute Gasteiger partial charge is 0.333 e. The number of fused-ring (bicyclic) bond motifs is 1. The maximum absolute atomic E-state index is 13.1. The van der Waals surface area contributed by atoms with E-state index in [1.165, 1.54) is 11.0 Å². The summed E-state index contributed by atoms with van der Waals surface area (Å²) in [5, 5.41) is 6.41. The summed E-state index contributed by atoms with van der Waals surface area (Å²) < 4.78 is 2.98. The third-order valence-electron chi connectivity index (χ3n) is 7.51. The molecule has 1 amide bonds. The monoisotopic (exact) mass is 527 g/mol. The van der Waals surface area contributed by atoms with E-state index in [1.54, 1.807) is 10.8 Å². The average Bonchev–Trinajstić information content (AvgIpc) is 3.64. The van der Waals surface area contributed by atoms with E-state index in [2.05, 4.69) is 25.6 Å². The lowest BCUT2D eigenvalue weighted by molar-refractivity contribution is -0.121. The number of benzene rings is 1. The predicted octanol–water partition coefficient (Wildman–Crippen LogP) is 3.52. The van der Waals surface area contributed by atoms with E-state index in [0.29, 0.717) is 48.4 Å². The number of aromatic nitrogens is 5. The highest BCUT2D eigenvalue weighted by molar-refractivity contribution is 5.79. The molecule has 6 rings (SSSR count). The first-order valence-electron chi connectivity index (χ1n) is 13.8. The zero-order chi connectivity index (χ0) is 26.9. The Morgan fingerprint density at radius 1 is 1.10 bits per heavy atom. The van der Waals surface area contributed by atoms with Crippen LogP contribution in [-0.2, 0) is 24.3 Å². The van der Waals surface area contributed by atoms with E-state index in [4.69, 9.17) is 0 Å². The maximum Gasteiger partial charge on any atom is 0.333 e. The molecule has 0 radical (unpaired) electrons. The number of amides is 1. The Morgan fingerprint density at radius 3 is 2.62 bits per heavy atom. The molecule has 0 bridgehead atoms. The number of aryl methyl sites for hydroxylation is 1. The van der Waals surface area contributed by atoms with Gasteiger partial charge in [-0.1, -0.05) is 31.2 Å². The molecule has 10 heteroatoms. The standard InChI is InChI=1S/C29H33N7O3/c1-2-13-35-27-25(28(38)36(29(35)39)22-10-11-22)33-26(34-27)20-9-12-23(31-17-20)30-16-19-6-3-5-18(14-19)15-24(37)32-21-7-4-8-21/h3,5-6,9,12,14,17,21-22H,2,4,7-8,10-11,13,15-16H2,1H3,(H,30,31)(H,32,37)(H,33,34). The van der Waals surface area contributed by atoms with Crippen LogP contribution in [0, 0.1) is 0 Å². The van der Waals surface area contributed by atoms with E-state index in [0.717, 1.165) is 48.8 Å². The van der Waals surface area contributed by atoms with Crippen molar-refractivity contribution in [2.75, 3.05) is 5.32 Å². The minimum absolute atomic E-state index is 0.0125. The van der Waals surface area contributed by atoms with Crippen molar-refractivity contribution in [1.82, 2.24) is 29.4 Å². The summed E-state index contributed by atoms with van der Waals surface area (Å²) >= 11 is 0. The highest BCUT2D eigenvalue weighted by atomic mass is 16.2. The van der Waals surface area contributed by atoms with Crippen LogP contribution in [0.3, 0.4) is 0 Å². The van der Waals surface area contributed by atoms with Crippen molar-refractivity contribution in [3.63, 3.8) is 0 Å². The Kier molecular flexibility index (Phi) is 6.76. The number of anilines is 1. The van der Waals surface area contributed by atoms with Gasteiger partial charge in [-0.3, -0.25) is 18.7 Å². The van der Waals surface area contributed by atoms with Crippen molar-refractivity contribution in [3.05, 3.63) is 74.6 Å². The molecule has 0 atom stereocenters. The number of nitrogens with one attached hydrogen (secondary N) is 3. The molecule has 10 nitrogen and oxygen atoms in total. The second-order valence-corrected chi connectivity index (χ2v) is 10.6. The Morgan fingerprint density at radius 2 is 1.92 bits per heavy atom. The highest BCUT2D eigenvalue weighted by Gasteiger charge is 2.30. The van der Waals surface area contributed by atoms with Crippen LogP contribution in [0.4, 0.5) is 5.82 Å². The van der Waals surface area contributed by atoms with Crippen LogP contribution in [0.2, 0.25) is 0 Å². The van der Waals surface area contributed by atoms with Crippen molar-refractivity contribution < 1.29 is 4.79 Å². The summed E-state index contributed by atoms with van der Waals surface area (Å²) in [6.45, 7) is 3.07. The van der Waals surface area contributed by atoms with Crippen LogP contribution >= 0.6 is 0 Å². The summed E-state index contributed by atoms with van der Waals surface area (Å²) in [6.07, 6.45) is 7.91. The van der Waals surface area contributed by atoms with E-state index in [1.807, 2.05) is 43.3 Å². The van der Waals surface area contributed by atoms with Crippen molar-refractivity contribution >= 4 is 22.9 Å². The van der Waals surface area contributed by atoms with Gasteiger partial charge in [0.05, 0.1) is 6.42 Å². The van der Waals surface area contributed by atoms with Gasteiger partial charge < -0.3 is 15.6 Å². The van der Waals surface area contributed by atoms with Crippen molar-refractivity contribution in [1.29, 1.82) is 0 Å². The molecule has 2 saturated carbocycles. The second kappa shape index (κ2) is 10.5. The molecule has 0 spiro atoms. The van der Waals surface area contributed by atoms with Gasteiger partial charge in [-0.05, 0) is 61.8 Å². The molecule has 3 heterocycles. The normalized spacial score (nSPS) is 15.3. The lowest BCUT2D eigenvalue weighted by Gasteiger charge is -2.26. The van der Waals surface area contributed by atoms with E-state index in [9.17, 15) is 14.4 Å². The van der Waals surface area contributed by atoms with Gasteiger partial charge in [0.2, 0.25) is 5.91 Å². The molecule has 2 aliphatic carbocycles. The van der Waals surface area contributed by atoms with Crippen LogP contribution in [0.1, 0.15) is 62.6 Å². The maximum atomic E-state index is 13.1. The molecule has 3 aromatic heterocycles. The fourth-order valence-corrected chi connectivity index (χ4v) is 5.05. The molecular formula is C29H33N7O3. The number of carbonyl (C=O) groups is 1. The van der Waals surface area contributed by atoms with E-state index >= 15 is 0 Å². The third kappa shape index (κ3) is 5.23. The first kappa shape index (κ1) is 25.1. The Balaban J connectivity index is 1.16. The van der Waals surface area contributed by atoms with Crippen molar-refractivity contribution in [3.8, 4) is 11.4 Å². The number of hydrogen-bond acceptors (Lipinski definition) is 6. The van der Waals surface area contributed by atoms with Gasteiger partial charge in [0.25, 0.3) is 5.56 Å². The lowest BCUT2D eigenvalue weighted by Crippen LogP contribution is -2.40. The van der Waals surface area contributed by atoms with Gasteiger partial charge in [0.15, 0.2) is 5.65 Å². The molecule has 202 valence electrons. The number of hydrogen-bond donors (Lipinski definition) is 3. The number of aromatic amines is 1. The first-order chi connectivity index (χ1) is 19.0. The number of H-pyrrole nitrogens is 1. The molecular weight excluding hydrogens is 494 g/mol. The Labute approximate surface area is 225 Å². The molecule has 0 unspecified atom stereocenters. The van der Waals surface area contributed by atoms with Gasteiger partial charge >= 0.3 is 5.69 Å². The molecule has 0 aliphatic heterocycles. The summed E-state index contributed by atoms with van der Waals surface area (Å²) in [7, 11) is 0. The Hall–Kier alpha value is -4.21. The number of nitrogens with zero attached hydrogens (tertiary/aromatic N) is 4. The zero-order valence-electron chi connectivity index (χ0n) is 22.1. The SMILES string of the molecule is CCCn1c(=O)n(C2CC2)c(=O)c2[nH]c(-c3ccc(NCc4cccc(CC(=O)NC5CCC5)c4)nc3)nc21. The summed E-state index contributed by atoms with van der Waals surface area (Å²) in [4.78, 5) is 50.7. The molecule has 3 N–H and O–H groups in total. The van der Waals surface area contributed by atoms with Crippen molar-refractivity contribution in [2.45, 2.75) is 77.0 Å². The minimum atomic E-state index is -0.308. The second-order valence-electron chi connectivity index (χ2n) is 10.6. The minimum Gasteiger partial charge on any atom is -0.366 e. The summed E-state index contributed by atoms with van der Waals surface area (Å²) in [5.41, 5.74) is 2.93. The highest BCUT2D eigenvalue weighted by Crippen LogP contribution is 2.32. The topological polar surface area (TPSA) is 127 Å². The van der Waals surface area contributed by atoms with Crippen LogP contribution in [0.15, 0.2) is 52.2 Å². The molecule has 1 aromatic carbocycles. The van der Waals surface area contributed by atoms with Gasteiger partial charge in [-0.2, -0.15) is 0 Å². The quantitative estimate of drug-likeness (QED) is 0.290. The van der Waals surface area contributed by atoms with Gasteiger partial charge in [-0.15, -0.1) is 0 Å². The molecule has 4 aromatic rings. The van der Waals surface area contributed by atoms with Crippen LogP contribution < -0.4 is 21.9 Å². The number of pyridine rings is 1. The fourth-order valence-electron chi connectivity index (χ4n) is 5.05. The third-order valence-corrected chi connectivity index (χ3v) is 7.51. The molecule has 2 aliphatic rings. The van der Waals surface area contributed by atoms with E-state index < -0.39 is 0 Å². The summed E-state index contributed by atoms with van der Waals surface area (Å²) in [6, 6.07) is 12.1. The Bertz CT molecular complexity index is 1630. The van der Waals surface area contributed by atoms with Crippen LogP contribution in [-0.4, -0.2) is 36.0 Å². The first-order valence-corrected chi connectivity index (χ1v) is 13.8. The lowest BCUT2D eigenvalue weighted by atomic mass is 9.93. The molecule has 39 heavy (non-hydrogen) atoms. The van der Waals surface area contributed by atoms with Gasteiger partial charge in [0, 0.05) is 36.9 Å². The van der Waals surface area contributed by atoms with Gasteiger partial charge in [0.1, 0.15) is 17.2 Å². The van der Waals surface area contributed by atoms with Crippen LogP contribution in [0.25, 0.3) is 22.6 Å². The fraction of sp³-hybridized carbons (Fsp3) is 0.414. The zero-order valence-corrected chi connectivity index (χ0v) is 22.1. The number of rotatable bonds is 10. The number of carbonyl (C=O) groups excluding carboxylic acids is 1. The summed E-state index contributed by atoms with van der Waals surface area (Å²) in [5.74, 6) is 1.28. The van der Waals surface area contributed by atoms with E-state index in [-0.39, 0.29) is 23.2 Å². The average molecular weight is 528 g/mol. The van der Waals surface area contributed by atoms with Crippen molar-refractivity contribution in [2.24, 2.45) is 0 Å². The van der Waals surface area contributed by atoms with Crippen LogP contribution in [0.5, 0.6) is 0 Å². The number of imidazole rings is 1. The predicted molar refractivity (Wildman–Crippen MR) is 150 cm³/mol.